The van der Waals surface area contributed by atoms with Crippen molar-refractivity contribution in [1.82, 2.24) is 0 Å². The Morgan fingerprint density at radius 2 is 1.80 bits per heavy atom. The first-order valence-electron chi connectivity index (χ1n) is 6.06. The van der Waals surface area contributed by atoms with Crippen LogP contribution < -0.4 is 5.32 Å². The molecular formula is C15H14F3NO. The molecule has 0 fully saturated rings. The van der Waals surface area contributed by atoms with E-state index in [1.54, 1.807) is 31.2 Å². The summed E-state index contributed by atoms with van der Waals surface area (Å²) in [7, 11) is 0. The zero-order chi connectivity index (χ0) is 14.8. The molecule has 0 amide bonds. The van der Waals surface area contributed by atoms with Gasteiger partial charge in [-0.05, 0) is 30.7 Å². The average molecular weight is 281 g/mol. The number of alkyl halides is 3. The Morgan fingerprint density at radius 3 is 2.50 bits per heavy atom. The van der Waals surface area contributed by atoms with Crippen molar-refractivity contribution in [3.63, 3.8) is 0 Å². The van der Waals surface area contributed by atoms with Gasteiger partial charge < -0.3 is 10.4 Å². The maximum absolute atomic E-state index is 12.6. The van der Waals surface area contributed by atoms with Crippen molar-refractivity contribution in [2.24, 2.45) is 0 Å². The molecule has 20 heavy (non-hydrogen) atoms. The summed E-state index contributed by atoms with van der Waals surface area (Å²) in [4.78, 5) is 0. The maximum atomic E-state index is 12.6. The number of nitrogens with one attached hydrogen (secondary N) is 1. The summed E-state index contributed by atoms with van der Waals surface area (Å²) in [5.41, 5.74) is 1.03. The largest absolute Gasteiger partial charge is 0.507 e. The maximum Gasteiger partial charge on any atom is 0.416 e. The van der Waals surface area contributed by atoms with E-state index in [1.807, 2.05) is 0 Å². The smallest absolute Gasteiger partial charge is 0.416 e. The predicted molar refractivity (Wildman–Crippen MR) is 71.6 cm³/mol. The molecule has 0 aliphatic rings. The van der Waals surface area contributed by atoms with Crippen molar-refractivity contribution in [2.45, 2.75) is 19.6 Å². The van der Waals surface area contributed by atoms with Crippen LogP contribution in [0.25, 0.3) is 0 Å². The van der Waals surface area contributed by atoms with Gasteiger partial charge >= 0.3 is 6.18 Å². The summed E-state index contributed by atoms with van der Waals surface area (Å²) < 4.78 is 37.7. The second kappa shape index (κ2) is 5.45. The van der Waals surface area contributed by atoms with Crippen LogP contribution in [0.3, 0.4) is 0 Å². The Labute approximate surface area is 114 Å². The van der Waals surface area contributed by atoms with Gasteiger partial charge in [-0.25, -0.2) is 0 Å². The molecule has 5 heteroatoms. The Kier molecular flexibility index (Phi) is 3.88. The molecule has 106 valence electrons. The van der Waals surface area contributed by atoms with Crippen LogP contribution in [-0.4, -0.2) is 5.11 Å². The first-order valence-corrected chi connectivity index (χ1v) is 6.06. The Hall–Kier alpha value is -2.17. The van der Waals surface area contributed by atoms with Crippen LogP contribution in [0.1, 0.15) is 16.7 Å². The Bertz CT molecular complexity index is 608. The Morgan fingerprint density at radius 1 is 1.10 bits per heavy atom. The number of phenols is 1. The van der Waals surface area contributed by atoms with Gasteiger partial charge in [-0.15, -0.1) is 0 Å². The van der Waals surface area contributed by atoms with Crippen LogP contribution in [0.2, 0.25) is 0 Å². The summed E-state index contributed by atoms with van der Waals surface area (Å²) >= 11 is 0. The molecular weight excluding hydrogens is 267 g/mol. The summed E-state index contributed by atoms with van der Waals surface area (Å²) in [6.45, 7) is 2.03. The van der Waals surface area contributed by atoms with E-state index < -0.39 is 11.7 Å². The molecule has 0 spiro atoms. The minimum atomic E-state index is -4.36. The minimum Gasteiger partial charge on any atom is -0.507 e. The summed E-state index contributed by atoms with van der Waals surface area (Å²) in [6.07, 6.45) is -4.36. The SMILES string of the molecule is Cc1cccc(CNc2cccc(C(F)(F)F)c2)c1O. The average Bonchev–Trinajstić information content (AvgIpc) is 2.40. The van der Waals surface area contributed by atoms with Crippen LogP contribution in [0.4, 0.5) is 18.9 Å². The third kappa shape index (κ3) is 3.23. The molecule has 0 heterocycles. The van der Waals surface area contributed by atoms with Crippen molar-refractivity contribution in [3.05, 3.63) is 59.2 Å². The number of para-hydroxylation sites is 1. The van der Waals surface area contributed by atoms with E-state index in [0.29, 0.717) is 11.3 Å². The van der Waals surface area contributed by atoms with Gasteiger partial charge in [0.15, 0.2) is 0 Å². The third-order valence-electron chi connectivity index (χ3n) is 2.99. The van der Waals surface area contributed by atoms with Crippen LogP contribution >= 0.6 is 0 Å². The lowest BCUT2D eigenvalue weighted by Crippen LogP contribution is -2.06. The van der Waals surface area contributed by atoms with Crippen LogP contribution in [0.15, 0.2) is 42.5 Å². The van der Waals surface area contributed by atoms with E-state index in [2.05, 4.69) is 5.32 Å². The van der Waals surface area contributed by atoms with E-state index in [4.69, 9.17) is 0 Å². The predicted octanol–water partition coefficient (Wildman–Crippen LogP) is 4.33. The highest BCUT2D eigenvalue weighted by Gasteiger charge is 2.30. The quantitative estimate of drug-likeness (QED) is 0.877. The zero-order valence-corrected chi connectivity index (χ0v) is 10.8. The number of aromatic hydroxyl groups is 1. The molecule has 0 aromatic heterocycles. The first kappa shape index (κ1) is 14.2. The molecule has 2 rings (SSSR count). The van der Waals surface area contributed by atoms with Gasteiger partial charge in [-0.2, -0.15) is 13.2 Å². The highest BCUT2D eigenvalue weighted by molar-refractivity contribution is 5.48. The second-order valence-corrected chi connectivity index (χ2v) is 4.51. The van der Waals surface area contributed by atoms with E-state index in [-0.39, 0.29) is 12.3 Å². The summed E-state index contributed by atoms with van der Waals surface area (Å²) in [5, 5.41) is 12.7. The highest BCUT2D eigenvalue weighted by Crippen LogP contribution is 2.31. The van der Waals surface area contributed by atoms with E-state index >= 15 is 0 Å². The van der Waals surface area contributed by atoms with Gasteiger partial charge in [0.2, 0.25) is 0 Å². The van der Waals surface area contributed by atoms with Gasteiger partial charge in [0.1, 0.15) is 5.75 Å². The molecule has 0 aliphatic heterocycles. The molecule has 2 N–H and O–H groups in total. The number of benzene rings is 2. The lowest BCUT2D eigenvalue weighted by Gasteiger charge is -2.12. The zero-order valence-electron chi connectivity index (χ0n) is 10.8. The molecule has 0 unspecified atom stereocenters. The van der Waals surface area contributed by atoms with Gasteiger partial charge in [0.25, 0.3) is 0 Å². The molecule has 2 aromatic rings. The van der Waals surface area contributed by atoms with Gasteiger partial charge in [0.05, 0.1) is 5.56 Å². The van der Waals surface area contributed by atoms with Crippen molar-refractivity contribution in [2.75, 3.05) is 5.32 Å². The molecule has 0 saturated carbocycles. The standard InChI is InChI=1S/C15H14F3NO/c1-10-4-2-5-11(14(10)20)9-19-13-7-3-6-12(8-13)15(16,17)18/h2-8,19-20H,9H2,1H3. The lowest BCUT2D eigenvalue weighted by atomic mass is 10.1. The molecule has 0 saturated heterocycles. The minimum absolute atomic E-state index is 0.159. The topological polar surface area (TPSA) is 32.3 Å². The molecule has 0 aliphatic carbocycles. The number of rotatable bonds is 3. The normalized spacial score (nSPS) is 11.4. The fraction of sp³-hybridized carbons (Fsp3) is 0.200. The molecule has 0 radical (unpaired) electrons. The van der Waals surface area contributed by atoms with Crippen LogP contribution in [-0.2, 0) is 12.7 Å². The van der Waals surface area contributed by atoms with Gasteiger partial charge in [-0.1, -0.05) is 24.3 Å². The monoisotopic (exact) mass is 281 g/mol. The summed E-state index contributed by atoms with van der Waals surface area (Å²) in [5.74, 6) is 0.159. The summed E-state index contributed by atoms with van der Waals surface area (Å²) in [6, 6.07) is 10.3. The van der Waals surface area contributed by atoms with Crippen molar-refractivity contribution >= 4 is 5.69 Å². The number of hydrogen-bond acceptors (Lipinski definition) is 2. The lowest BCUT2D eigenvalue weighted by molar-refractivity contribution is -0.137. The van der Waals surface area contributed by atoms with Crippen molar-refractivity contribution in [3.8, 4) is 5.75 Å². The number of phenolic OH excluding ortho intramolecular Hbond substituents is 1. The Balaban J connectivity index is 2.13. The number of anilines is 1. The van der Waals surface area contributed by atoms with E-state index in [9.17, 15) is 18.3 Å². The third-order valence-corrected chi connectivity index (χ3v) is 2.99. The highest BCUT2D eigenvalue weighted by atomic mass is 19.4. The fourth-order valence-corrected chi connectivity index (χ4v) is 1.87. The fourth-order valence-electron chi connectivity index (χ4n) is 1.87. The number of halogens is 3. The molecule has 2 nitrogen and oxygen atoms in total. The van der Waals surface area contributed by atoms with Crippen molar-refractivity contribution < 1.29 is 18.3 Å². The first-order chi connectivity index (χ1) is 9.38. The number of hydrogen-bond donors (Lipinski definition) is 2. The van der Waals surface area contributed by atoms with E-state index in [1.165, 1.54) is 6.07 Å². The van der Waals surface area contributed by atoms with Gasteiger partial charge in [0, 0.05) is 17.8 Å². The second-order valence-electron chi connectivity index (χ2n) is 4.51. The van der Waals surface area contributed by atoms with Crippen LogP contribution in [0, 0.1) is 6.92 Å². The van der Waals surface area contributed by atoms with Crippen molar-refractivity contribution in [1.29, 1.82) is 0 Å². The number of aryl methyl sites for hydroxylation is 1. The van der Waals surface area contributed by atoms with E-state index in [0.717, 1.165) is 17.7 Å². The molecule has 0 atom stereocenters. The van der Waals surface area contributed by atoms with Crippen LogP contribution in [0.5, 0.6) is 5.75 Å². The molecule has 0 bridgehead atoms. The van der Waals surface area contributed by atoms with Gasteiger partial charge in [-0.3, -0.25) is 0 Å². The molecule has 2 aromatic carbocycles.